The lowest BCUT2D eigenvalue weighted by atomic mass is 10.0. The van der Waals surface area contributed by atoms with Crippen LogP contribution in [0.5, 0.6) is 0 Å². The fourth-order valence-corrected chi connectivity index (χ4v) is 2.88. The maximum Gasteiger partial charge on any atom is 0.263 e. The lowest BCUT2D eigenvalue weighted by Crippen LogP contribution is -2.03. The van der Waals surface area contributed by atoms with Gasteiger partial charge in [0.05, 0.1) is 6.21 Å². The van der Waals surface area contributed by atoms with E-state index in [0.29, 0.717) is 16.7 Å². The Kier molecular flexibility index (Phi) is 5.36. The van der Waals surface area contributed by atoms with Crippen LogP contribution in [0.1, 0.15) is 5.56 Å². The minimum absolute atomic E-state index is 0.307. The second-order valence-electron chi connectivity index (χ2n) is 5.96. The van der Waals surface area contributed by atoms with Crippen LogP contribution in [0, 0.1) is 0 Å². The molecule has 0 saturated heterocycles. The molecule has 0 radical (unpaired) electrons. The Bertz CT molecular complexity index is 1100. The first-order chi connectivity index (χ1) is 13.8. The summed E-state index contributed by atoms with van der Waals surface area (Å²) in [6, 6.07) is 27.2. The van der Waals surface area contributed by atoms with Gasteiger partial charge in [0.15, 0.2) is 0 Å². The monoisotopic (exact) mass is 385 g/mol. The molecule has 0 aliphatic heterocycles. The van der Waals surface area contributed by atoms with Gasteiger partial charge < -0.3 is 0 Å². The van der Waals surface area contributed by atoms with E-state index >= 15 is 0 Å². The first-order valence-corrected chi connectivity index (χ1v) is 9.08. The van der Waals surface area contributed by atoms with Gasteiger partial charge >= 0.3 is 0 Å². The maximum atomic E-state index is 6.14. The maximum absolute atomic E-state index is 6.14. The normalized spacial score (nSPS) is 10.9. The molecule has 1 N–H and O–H groups in total. The molecule has 0 saturated carbocycles. The number of hydrogen-bond donors (Lipinski definition) is 1. The number of benzene rings is 3. The fourth-order valence-electron chi connectivity index (χ4n) is 2.70. The topological polar surface area (TPSA) is 63.1 Å². The van der Waals surface area contributed by atoms with Crippen molar-refractivity contribution in [3.05, 3.63) is 95.5 Å². The van der Waals surface area contributed by atoms with Crippen molar-refractivity contribution >= 4 is 23.8 Å². The molecular formula is C22H16ClN5. The summed E-state index contributed by atoms with van der Waals surface area (Å²) in [6.07, 6.45) is 1.62. The average molecular weight is 386 g/mol. The van der Waals surface area contributed by atoms with Crippen molar-refractivity contribution in [1.29, 1.82) is 0 Å². The Morgan fingerprint density at radius 3 is 2.00 bits per heavy atom. The fraction of sp³-hybridized carbons (Fsp3) is 0. The number of halogens is 1. The van der Waals surface area contributed by atoms with Gasteiger partial charge in [0.1, 0.15) is 11.4 Å². The van der Waals surface area contributed by atoms with Gasteiger partial charge in [-0.05, 0) is 6.07 Å². The van der Waals surface area contributed by atoms with Crippen molar-refractivity contribution in [3.8, 4) is 22.5 Å². The molecule has 0 unspecified atom stereocenters. The third kappa shape index (κ3) is 4.05. The molecule has 3 aromatic carbocycles. The highest BCUT2D eigenvalue weighted by Gasteiger charge is 2.13. The van der Waals surface area contributed by atoms with E-state index in [-0.39, 0.29) is 0 Å². The van der Waals surface area contributed by atoms with Crippen molar-refractivity contribution in [2.24, 2.45) is 5.10 Å². The van der Waals surface area contributed by atoms with E-state index in [1.54, 1.807) is 6.21 Å². The summed E-state index contributed by atoms with van der Waals surface area (Å²) >= 11 is 6.14. The van der Waals surface area contributed by atoms with Crippen LogP contribution in [0.4, 0.5) is 5.95 Å². The van der Waals surface area contributed by atoms with Gasteiger partial charge in [0.25, 0.3) is 5.95 Å². The van der Waals surface area contributed by atoms with Crippen molar-refractivity contribution in [3.63, 3.8) is 0 Å². The second kappa shape index (κ2) is 8.41. The molecule has 0 bridgehead atoms. The third-order valence-corrected chi connectivity index (χ3v) is 4.40. The average Bonchev–Trinajstić information content (AvgIpc) is 2.76. The zero-order valence-electron chi connectivity index (χ0n) is 14.8. The zero-order valence-corrected chi connectivity index (χ0v) is 15.6. The van der Waals surface area contributed by atoms with Crippen LogP contribution in [0.3, 0.4) is 0 Å². The molecule has 28 heavy (non-hydrogen) atoms. The zero-order chi connectivity index (χ0) is 19.2. The van der Waals surface area contributed by atoms with Crippen molar-refractivity contribution in [2.45, 2.75) is 0 Å². The number of rotatable bonds is 5. The quantitative estimate of drug-likeness (QED) is 0.373. The van der Waals surface area contributed by atoms with E-state index in [9.17, 15) is 0 Å². The summed E-state index contributed by atoms with van der Waals surface area (Å²) in [5, 5.41) is 13.4. The van der Waals surface area contributed by atoms with E-state index in [2.05, 4.69) is 25.7 Å². The predicted molar refractivity (Wildman–Crippen MR) is 113 cm³/mol. The van der Waals surface area contributed by atoms with Crippen LogP contribution < -0.4 is 5.43 Å². The van der Waals surface area contributed by atoms with Crippen LogP contribution in [0.15, 0.2) is 90.0 Å². The molecule has 1 heterocycles. The molecular weight excluding hydrogens is 370 g/mol. The van der Waals surface area contributed by atoms with Crippen molar-refractivity contribution < 1.29 is 0 Å². The van der Waals surface area contributed by atoms with Crippen LogP contribution in [-0.4, -0.2) is 21.4 Å². The van der Waals surface area contributed by atoms with Crippen molar-refractivity contribution in [2.75, 3.05) is 5.43 Å². The molecule has 136 valence electrons. The molecule has 4 aromatic rings. The molecule has 1 aromatic heterocycles. The minimum atomic E-state index is 0.307. The van der Waals surface area contributed by atoms with Crippen LogP contribution in [-0.2, 0) is 0 Å². The van der Waals surface area contributed by atoms with E-state index in [0.717, 1.165) is 22.4 Å². The molecule has 4 rings (SSSR count). The van der Waals surface area contributed by atoms with E-state index in [1.165, 1.54) is 0 Å². The number of nitrogens with one attached hydrogen (secondary N) is 1. The van der Waals surface area contributed by atoms with E-state index < -0.39 is 0 Å². The Balaban J connectivity index is 1.68. The Morgan fingerprint density at radius 2 is 1.32 bits per heavy atom. The van der Waals surface area contributed by atoms with Gasteiger partial charge in [0, 0.05) is 21.7 Å². The number of nitrogens with zero attached hydrogens (tertiary/aromatic N) is 4. The molecule has 6 heteroatoms. The third-order valence-electron chi connectivity index (χ3n) is 4.05. The summed E-state index contributed by atoms with van der Waals surface area (Å²) in [5.74, 6) is 0.307. The first kappa shape index (κ1) is 17.8. The highest BCUT2D eigenvalue weighted by atomic mass is 35.5. The molecule has 0 amide bonds. The number of hydrazone groups is 1. The van der Waals surface area contributed by atoms with Gasteiger partial charge in [-0.25, -0.2) is 10.4 Å². The summed E-state index contributed by atoms with van der Waals surface area (Å²) < 4.78 is 0. The van der Waals surface area contributed by atoms with E-state index in [4.69, 9.17) is 11.6 Å². The SMILES string of the molecule is Clc1ccccc1C=NNc1nnc(-c2ccccc2)c(-c2ccccc2)n1. The molecule has 0 aliphatic carbocycles. The highest BCUT2D eigenvalue weighted by molar-refractivity contribution is 6.33. The standard InChI is InChI=1S/C22H16ClN5/c23-19-14-8-7-13-18(19)15-24-27-22-25-20(16-9-3-1-4-10-16)21(26-28-22)17-11-5-2-6-12-17/h1-15H,(H,25,27,28). The number of anilines is 1. The van der Waals surface area contributed by atoms with Gasteiger partial charge in [-0.3, -0.25) is 0 Å². The largest absolute Gasteiger partial charge is 0.263 e. The number of hydrogen-bond acceptors (Lipinski definition) is 5. The minimum Gasteiger partial charge on any atom is -0.244 e. The highest BCUT2D eigenvalue weighted by Crippen LogP contribution is 2.28. The van der Waals surface area contributed by atoms with Crippen LogP contribution in [0.2, 0.25) is 5.02 Å². The molecule has 0 spiro atoms. The van der Waals surface area contributed by atoms with Gasteiger partial charge in [-0.1, -0.05) is 90.5 Å². The molecule has 0 aliphatic rings. The second-order valence-corrected chi connectivity index (χ2v) is 6.36. The molecule has 5 nitrogen and oxygen atoms in total. The van der Waals surface area contributed by atoms with Crippen molar-refractivity contribution in [1.82, 2.24) is 15.2 Å². The lowest BCUT2D eigenvalue weighted by molar-refractivity contribution is 0.973. The van der Waals surface area contributed by atoms with Crippen LogP contribution in [0.25, 0.3) is 22.5 Å². The number of aromatic nitrogens is 3. The summed E-state index contributed by atoms with van der Waals surface area (Å²) in [7, 11) is 0. The van der Waals surface area contributed by atoms with Crippen LogP contribution >= 0.6 is 11.6 Å². The Hall–Kier alpha value is -3.57. The van der Waals surface area contributed by atoms with Gasteiger partial charge in [-0.15, -0.1) is 10.2 Å². The predicted octanol–water partition coefficient (Wildman–Crippen LogP) is 5.31. The first-order valence-electron chi connectivity index (χ1n) is 8.70. The summed E-state index contributed by atoms with van der Waals surface area (Å²) in [6.45, 7) is 0. The van der Waals surface area contributed by atoms with Gasteiger partial charge in [0.2, 0.25) is 0 Å². The molecule has 0 atom stereocenters. The Morgan fingerprint density at radius 1 is 0.714 bits per heavy atom. The summed E-state index contributed by atoms with van der Waals surface area (Å²) in [4.78, 5) is 4.64. The van der Waals surface area contributed by atoms with E-state index in [1.807, 2.05) is 84.9 Å². The van der Waals surface area contributed by atoms with Gasteiger partial charge in [-0.2, -0.15) is 5.10 Å². The summed E-state index contributed by atoms with van der Waals surface area (Å²) in [5.41, 5.74) is 6.99. The smallest absolute Gasteiger partial charge is 0.244 e. The molecule has 0 fully saturated rings. The Labute approximate surface area is 167 Å². The lowest BCUT2D eigenvalue weighted by Gasteiger charge is -2.09.